The number of thioether (sulfide) groups is 1. The van der Waals surface area contributed by atoms with E-state index in [4.69, 9.17) is 23.2 Å². The van der Waals surface area contributed by atoms with Gasteiger partial charge in [0.25, 0.3) is 5.91 Å². The van der Waals surface area contributed by atoms with Crippen molar-refractivity contribution >= 4 is 57.6 Å². The number of aliphatic imine (C=N–C) groups is 1. The summed E-state index contributed by atoms with van der Waals surface area (Å²) in [6.07, 6.45) is 2.46. The molecule has 2 amide bonds. The minimum Gasteiger partial charge on any atom is -0.338 e. The fraction of sp³-hybridized carbons (Fsp3) is 0.318. The lowest BCUT2D eigenvalue weighted by Crippen LogP contribution is -2.39. The topological polar surface area (TPSA) is 53.0 Å². The maximum Gasteiger partial charge on any atom is 0.259 e. The zero-order valence-corrected chi connectivity index (χ0v) is 18.6. The third-order valence-electron chi connectivity index (χ3n) is 5.11. The largest absolute Gasteiger partial charge is 0.338 e. The molecule has 0 N–H and O–H groups in total. The van der Waals surface area contributed by atoms with Crippen molar-refractivity contribution in [2.24, 2.45) is 4.99 Å². The Morgan fingerprint density at radius 3 is 2.53 bits per heavy atom. The number of carbonyl (C=O) groups excluding carboxylic acids is 2. The van der Waals surface area contributed by atoms with Crippen molar-refractivity contribution < 1.29 is 9.59 Å². The van der Waals surface area contributed by atoms with Crippen LogP contribution in [0.2, 0.25) is 10.0 Å². The molecule has 0 atom stereocenters. The molecule has 0 saturated carbocycles. The maximum absolute atomic E-state index is 13.1. The van der Waals surface area contributed by atoms with Crippen LogP contribution >= 0.6 is 35.0 Å². The Bertz CT molecular complexity index is 994. The van der Waals surface area contributed by atoms with Gasteiger partial charge in [0, 0.05) is 37.4 Å². The van der Waals surface area contributed by atoms with Crippen molar-refractivity contribution in [2.75, 3.05) is 18.8 Å². The molecule has 0 aromatic heterocycles. The van der Waals surface area contributed by atoms with E-state index in [-0.39, 0.29) is 11.8 Å². The molecule has 0 spiro atoms. The number of hydrogen-bond acceptors (Lipinski definition) is 4. The van der Waals surface area contributed by atoms with Gasteiger partial charge in [-0.25, -0.2) is 4.99 Å². The number of amides is 2. The van der Waals surface area contributed by atoms with E-state index < -0.39 is 0 Å². The van der Waals surface area contributed by atoms with Crippen molar-refractivity contribution in [1.29, 1.82) is 0 Å². The third-order valence-corrected chi connectivity index (χ3v) is 6.91. The summed E-state index contributed by atoms with van der Waals surface area (Å²) in [6, 6.07) is 12.7. The van der Waals surface area contributed by atoms with E-state index in [0.717, 1.165) is 30.7 Å². The Morgan fingerprint density at radius 2 is 1.83 bits per heavy atom. The average Bonchev–Trinajstić information content (AvgIpc) is 3.16. The van der Waals surface area contributed by atoms with E-state index in [0.29, 0.717) is 46.0 Å². The second-order valence-corrected chi connectivity index (χ2v) is 9.14. The highest BCUT2D eigenvalue weighted by atomic mass is 35.5. The van der Waals surface area contributed by atoms with Gasteiger partial charge in [-0.15, -0.1) is 0 Å². The fourth-order valence-electron chi connectivity index (χ4n) is 3.51. The molecule has 2 fully saturated rings. The fourth-order valence-corrected chi connectivity index (χ4v) is 4.75. The van der Waals surface area contributed by atoms with Crippen LogP contribution in [0.5, 0.6) is 0 Å². The molecule has 0 unspecified atom stereocenters. The first-order valence-electron chi connectivity index (χ1n) is 9.86. The summed E-state index contributed by atoms with van der Waals surface area (Å²) in [7, 11) is 0. The van der Waals surface area contributed by atoms with Crippen LogP contribution in [0.25, 0.3) is 0 Å². The summed E-state index contributed by atoms with van der Waals surface area (Å²) in [5, 5.41) is 1.57. The number of halogens is 2. The molecule has 0 radical (unpaired) electrons. The van der Waals surface area contributed by atoms with Crippen molar-refractivity contribution in [2.45, 2.75) is 25.8 Å². The molecule has 30 heavy (non-hydrogen) atoms. The normalized spacial score (nSPS) is 18.3. The molecule has 2 aromatic rings. The first-order valence-corrected chi connectivity index (χ1v) is 11.6. The summed E-state index contributed by atoms with van der Waals surface area (Å²) >= 11 is 13.6. The number of benzene rings is 2. The molecule has 0 aliphatic carbocycles. The summed E-state index contributed by atoms with van der Waals surface area (Å²) in [6.45, 7) is 2.02. The molecular weight excluding hydrogens is 441 g/mol. The molecule has 2 aliphatic rings. The summed E-state index contributed by atoms with van der Waals surface area (Å²) in [5.41, 5.74) is 2.30. The third kappa shape index (κ3) is 4.82. The van der Waals surface area contributed by atoms with Crippen LogP contribution in [0, 0.1) is 0 Å². The number of hydrogen-bond donors (Lipinski definition) is 0. The number of amidine groups is 1. The van der Waals surface area contributed by atoms with Gasteiger partial charge in [0.05, 0.1) is 15.7 Å². The van der Waals surface area contributed by atoms with Gasteiger partial charge < -0.3 is 4.90 Å². The predicted octanol–water partition coefficient (Wildman–Crippen LogP) is 5.38. The highest BCUT2D eigenvalue weighted by Crippen LogP contribution is 2.29. The lowest BCUT2D eigenvalue weighted by molar-refractivity contribution is -0.128. The lowest BCUT2D eigenvalue weighted by Gasteiger charge is -2.28. The minimum absolute atomic E-state index is 0.0789. The van der Waals surface area contributed by atoms with Gasteiger partial charge in [0.1, 0.15) is 0 Å². The standard InChI is InChI=1S/C22H21Cl2N3O2S/c23-18-9-8-17(13-19(18)24)25-22-27(11-2-12-30-22)21(29)16-6-4-15(5-7-16)14-26-10-1-3-20(26)28/h4-9,13H,1-3,10-12,14H2. The Balaban J connectivity index is 1.50. The van der Waals surface area contributed by atoms with E-state index in [9.17, 15) is 9.59 Å². The Labute approximate surface area is 190 Å². The van der Waals surface area contributed by atoms with Gasteiger partial charge >= 0.3 is 0 Å². The second kappa shape index (κ2) is 9.41. The van der Waals surface area contributed by atoms with E-state index in [2.05, 4.69) is 4.99 Å². The monoisotopic (exact) mass is 461 g/mol. The van der Waals surface area contributed by atoms with E-state index in [1.165, 1.54) is 0 Å². The molecule has 5 nitrogen and oxygen atoms in total. The average molecular weight is 462 g/mol. The van der Waals surface area contributed by atoms with Crippen molar-refractivity contribution in [1.82, 2.24) is 9.80 Å². The predicted molar refractivity (Wildman–Crippen MR) is 123 cm³/mol. The van der Waals surface area contributed by atoms with Crippen LogP contribution in [-0.4, -0.2) is 45.6 Å². The van der Waals surface area contributed by atoms with E-state index in [1.54, 1.807) is 34.9 Å². The smallest absolute Gasteiger partial charge is 0.259 e. The maximum atomic E-state index is 13.1. The summed E-state index contributed by atoms with van der Waals surface area (Å²) < 4.78 is 0. The molecule has 2 aromatic carbocycles. The number of likely N-dealkylation sites (tertiary alicyclic amines) is 1. The van der Waals surface area contributed by atoms with E-state index >= 15 is 0 Å². The summed E-state index contributed by atoms with van der Waals surface area (Å²) in [4.78, 5) is 33.2. The van der Waals surface area contributed by atoms with Gasteiger partial charge in [-0.1, -0.05) is 47.1 Å². The molecule has 156 valence electrons. The quantitative estimate of drug-likeness (QED) is 0.613. The van der Waals surface area contributed by atoms with Crippen LogP contribution in [0.15, 0.2) is 47.5 Å². The van der Waals surface area contributed by atoms with E-state index in [1.807, 2.05) is 29.2 Å². The van der Waals surface area contributed by atoms with Crippen LogP contribution < -0.4 is 0 Å². The zero-order chi connectivity index (χ0) is 21.1. The molecule has 8 heteroatoms. The molecule has 4 rings (SSSR count). The Kier molecular flexibility index (Phi) is 6.66. The van der Waals surface area contributed by atoms with Crippen LogP contribution in [0.1, 0.15) is 35.2 Å². The van der Waals surface area contributed by atoms with Gasteiger partial charge in [-0.2, -0.15) is 0 Å². The summed E-state index contributed by atoms with van der Waals surface area (Å²) in [5.74, 6) is 1.03. The molecule has 0 bridgehead atoms. The van der Waals surface area contributed by atoms with Crippen molar-refractivity contribution in [3.63, 3.8) is 0 Å². The first-order chi connectivity index (χ1) is 14.5. The second-order valence-electron chi connectivity index (χ2n) is 7.27. The van der Waals surface area contributed by atoms with Crippen LogP contribution in [0.4, 0.5) is 5.69 Å². The van der Waals surface area contributed by atoms with Gasteiger partial charge in [-0.3, -0.25) is 14.5 Å². The van der Waals surface area contributed by atoms with Gasteiger partial charge in [0.15, 0.2) is 5.17 Å². The van der Waals surface area contributed by atoms with Crippen molar-refractivity contribution in [3.05, 3.63) is 63.6 Å². The lowest BCUT2D eigenvalue weighted by atomic mass is 10.1. The van der Waals surface area contributed by atoms with Gasteiger partial charge in [0.2, 0.25) is 5.91 Å². The highest BCUT2D eigenvalue weighted by molar-refractivity contribution is 8.13. The molecule has 2 aliphatic heterocycles. The number of nitrogens with zero attached hydrogens (tertiary/aromatic N) is 3. The van der Waals surface area contributed by atoms with Gasteiger partial charge in [-0.05, 0) is 48.7 Å². The molecular formula is C22H21Cl2N3O2S. The Morgan fingerprint density at radius 1 is 1.03 bits per heavy atom. The number of carbonyl (C=O) groups is 2. The minimum atomic E-state index is -0.0789. The number of rotatable bonds is 4. The molecule has 2 heterocycles. The zero-order valence-electron chi connectivity index (χ0n) is 16.3. The molecule has 2 saturated heterocycles. The van der Waals surface area contributed by atoms with Crippen LogP contribution in [0.3, 0.4) is 0 Å². The van der Waals surface area contributed by atoms with Crippen molar-refractivity contribution in [3.8, 4) is 0 Å². The SMILES string of the molecule is O=C1CCCN1Cc1ccc(C(=O)N2CCCSC2=Nc2ccc(Cl)c(Cl)c2)cc1. The highest BCUT2D eigenvalue weighted by Gasteiger charge is 2.25. The first kappa shape index (κ1) is 21.2. The Hall–Kier alpha value is -2.02. The van der Waals surface area contributed by atoms with Crippen LogP contribution in [-0.2, 0) is 11.3 Å².